The van der Waals surface area contributed by atoms with Crippen molar-refractivity contribution in [3.63, 3.8) is 0 Å². The number of hydrogen-bond acceptors (Lipinski definition) is 2. The van der Waals surface area contributed by atoms with Gasteiger partial charge in [0.1, 0.15) is 11.6 Å². The first-order valence-corrected chi connectivity index (χ1v) is 5.74. The fourth-order valence-electron chi connectivity index (χ4n) is 2.47. The highest BCUT2D eigenvalue weighted by Crippen LogP contribution is 2.37. The third kappa shape index (κ3) is 2.19. The van der Waals surface area contributed by atoms with Crippen molar-refractivity contribution in [3.8, 4) is 5.75 Å². The quantitative estimate of drug-likeness (QED) is 0.837. The van der Waals surface area contributed by atoms with Crippen LogP contribution in [0.15, 0.2) is 18.2 Å². The summed E-state index contributed by atoms with van der Waals surface area (Å²) in [5.74, 6) is 0.417. The van der Waals surface area contributed by atoms with Gasteiger partial charge in [0.25, 0.3) is 0 Å². The minimum absolute atomic E-state index is 0.0133. The molecule has 1 saturated carbocycles. The van der Waals surface area contributed by atoms with Crippen LogP contribution in [-0.4, -0.2) is 18.3 Å². The summed E-state index contributed by atoms with van der Waals surface area (Å²) in [6.45, 7) is 0. The second-order valence-electron chi connectivity index (χ2n) is 4.34. The van der Waals surface area contributed by atoms with Crippen LogP contribution in [0.3, 0.4) is 0 Å². The molecule has 0 heterocycles. The number of aliphatic hydroxyl groups excluding tert-OH is 1. The molecular weight excluding hydrogens is 207 g/mol. The molecule has 1 N–H and O–H groups in total. The van der Waals surface area contributed by atoms with Gasteiger partial charge in [-0.2, -0.15) is 0 Å². The van der Waals surface area contributed by atoms with Crippen LogP contribution in [0.2, 0.25) is 0 Å². The Morgan fingerprint density at radius 3 is 2.75 bits per heavy atom. The highest BCUT2D eigenvalue weighted by atomic mass is 19.1. The number of aliphatic hydroxyl groups is 1. The molecule has 2 rings (SSSR count). The van der Waals surface area contributed by atoms with Crippen molar-refractivity contribution >= 4 is 0 Å². The molecule has 0 aromatic heterocycles. The summed E-state index contributed by atoms with van der Waals surface area (Å²) in [4.78, 5) is 0. The molecule has 2 atom stereocenters. The van der Waals surface area contributed by atoms with Crippen LogP contribution >= 0.6 is 0 Å². The van der Waals surface area contributed by atoms with E-state index in [0.717, 1.165) is 31.2 Å². The second-order valence-corrected chi connectivity index (χ2v) is 4.34. The minimum atomic E-state index is -0.371. The zero-order chi connectivity index (χ0) is 11.5. The molecule has 2 nitrogen and oxygen atoms in total. The molecule has 1 aliphatic carbocycles. The van der Waals surface area contributed by atoms with E-state index in [1.807, 2.05) is 0 Å². The van der Waals surface area contributed by atoms with Gasteiger partial charge >= 0.3 is 0 Å². The Morgan fingerprint density at radius 2 is 2.06 bits per heavy atom. The number of halogens is 1. The van der Waals surface area contributed by atoms with E-state index in [0.29, 0.717) is 5.75 Å². The van der Waals surface area contributed by atoms with Crippen LogP contribution in [0.5, 0.6) is 5.75 Å². The summed E-state index contributed by atoms with van der Waals surface area (Å²) >= 11 is 0. The third-order valence-electron chi connectivity index (χ3n) is 3.32. The van der Waals surface area contributed by atoms with Gasteiger partial charge in [-0.15, -0.1) is 0 Å². The van der Waals surface area contributed by atoms with Gasteiger partial charge in [-0.1, -0.05) is 12.8 Å². The van der Waals surface area contributed by atoms with Gasteiger partial charge in [0, 0.05) is 11.5 Å². The number of benzene rings is 1. The summed E-state index contributed by atoms with van der Waals surface area (Å²) in [6, 6.07) is 4.50. The number of hydrogen-bond donors (Lipinski definition) is 1. The molecular formula is C13H17FO2. The van der Waals surface area contributed by atoms with Crippen molar-refractivity contribution in [3.05, 3.63) is 29.6 Å². The van der Waals surface area contributed by atoms with Crippen LogP contribution in [0.25, 0.3) is 0 Å². The van der Waals surface area contributed by atoms with Crippen LogP contribution in [0.4, 0.5) is 4.39 Å². The maximum Gasteiger partial charge on any atom is 0.123 e. The number of methoxy groups -OCH3 is 1. The number of ether oxygens (including phenoxy) is 1. The lowest BCUT2D eigenvalue weighted by molar-refractivity contribution is 0.105. The lowest BCUT2D eigenvalue weighted by Gasteiger charge is -2.29. The van der Waals surface area contributed by atoms with E-state index in [4.69, 9.17) is 4.74 Å². The van der Waals surface area contributed by atoms with Gasteiger partial charge in [-0.25, -0.2) is 4.39 Å². The zero-order valence-corrected chi connectivity index (χ0v) is 9.45. The van der Waals surface area contributed by atoms with Crippen molar-refractivity contribution in [2.45, 2.75) is 37.7 Å². The van der Waals surface area contributed by atoms with Gasteiger partial charge in [0.15, 0.2) is 0 Å². The molecule has 1 aromatic rings. The van der Waals surface area contributed by atoms with Gasteiger partial charge < -0.3 is 9.84 Å². The first kappa shape index (κ1) is 11.4. The van der Waals surface area contributed by atoms with Crippen molar-refractivity contribution in [1.82, 2.24) is 0 Å². The SMILES string of the molecule is COc1ccc(F)cc1C1CCCCC1O. The van der Waals surface area contributed by atoms with E-state index in [-0.39, 0.29) is 17.8 Å². The molecule has 0 radical (unpaired) electrons. The van der Waals surface area contributed by atoms with Crippen LogP contribution < -0.4 is 4.74 Å². The molecule has 0 spiro atoms. The monoisotopic (exact) mass is 224 g/mol. The van der Waals surface area contributed by atoms with Gasteiger partial charge in [-0.3, -0.25) is 0 Å². The molecule has 0 bridgehead atoms. The van der Waals surface area contributed by atoms with E-state index in [2.05, 4.69) is 0 Å². The van der Waals surface area contributed by atoms with Crippen LogP contribution in [-0.2, 0) is 0 Å². The molecule has 2 unspecified atom stereocenters. The van der Waals surface area contributed by atoms with E-state index in [1.54, 1.807) is 13.2 Å². The second kappa shape index (κ2) is 4.83. The molecule has 0 amide bonds. The summed E-state index contributed by atoms with van der Waals surface area (Å²) in [5, 5.41) is 9.96. The predicted molar refractivity (Wildman–Crippen MR) is 60.2 cm³/mol. The average molecular weight is 224 g/mol. The summed E-state index contributed by atoms with van der Waals surface area (Å²) in [7, 11) is 1.58. The van der Waals surface area contributed by atoms with Crippen molar-refractivity contribution < 1.29 is 14.2 Å². The third-order valence-corrected chi connectivity index (χ3v) is 3.32. The minimum Gasteiger partial charge on any atom is -0.496 e. The predicted octanol–water partition coefficient (Wildman–Crippen LogP) is 2.85. The molecule has 88 valence electrons. The molecule has 1 aliphatic rings. The van der Waals surface area contributed by atoms with Crippen molar-refractivity contribution in [1.29, 1.82) is 0 Å². The Morgan fingerprint density at radius 1 is 1.31 bits per heavy atom. The van der Waals surface area contributed by atoms with E-state index in [1.165, 1.54) is 12.1 Å². The fraction of sp³-hybridized carbons (Fsp3) is 0.538. The van der Waals surface area contributed by atoms with Crippen LogP contribution in [0.1, 0.15) is 37.2 Å². The lowest BCUT2D eigenvalue weighted by Crippen LogP contribution is -2.23. The lowest BCUT2D eigenvalue weighted by atomic mass is 9.81. The van der Waals surface area contributed by atoms with Gasteiger partial charge in [0.05, 0.1) is 13.2 Å². The van der Waals surface area contributed by atoms with E-state index in [9.17, 15) is 9.50 Å². The maximum atomic E-state index is 13.2. The molecule has 3 heteroatoms. The van der Waals surface area contributed by atoms with Crippen molar-refractivity contribution in [2.75, 3.05) is 7.11 Å². The smallest absolute Gasteiger partial charge is 0.123 e. The fourth-order valence-corrected chi connectivity index (χ4v) is 2.47. The van der Waals surface area contributed by atoms with Crippen molar-refractivity contribution in [2.24, 2.45) is 0 Å². The summed E-state index contributed by atoms with van der Waals surface area (Å²) in [5.41, 5.74) is 0.801. The molecule has 0 saturated heterocycles. The Bertz CT molecular complexity index is 365. The number of rotatable bonds is 2. The first-order chi connectivity index (χ1) is 7.72. The zero-order valence-electron chi connectivity index (χ0n) is 9.45. The molecule has 1 fully saturated rings. The summed E-state index contributed by atoms with van der Waals surface area (Å²) < 4.78 is 18.5. The Labute approximate surface area is 95.1 Å². The Kier molecular flexibility index (Phi) is 3.44. The van der Waals surface area contributed by atoms with Gasteiger partial charge in [-0.05, 0) is 31.0 Å². The van der Waals surface area contributed by atoms with Gasteiger partial charge in [0.2, 0.25) is 0 Å². The topological polar surface area (TPSA) is 29.5 Å². The average Bonchev–Trinajstić information content (AvgIpc) is 2.29. The molecule has 1 aromatic carbocycles. The molecule has 16 heavy (non-hydrogen) atoms. The first-order valence-electron chi connectivity index (χ1n) is 5.74. The molecule has 0 aliphatic heterocycles. The highest BCUT2D eigenvalue weighted by Gasteiger charge is 2.27. The van der Waals surface area contributed by atoms with E-state index < -0.39 is 0 Å². The normalized spacial score (nSPS) is 25.4. The largest absolute Gasteiger partial charge is 0.496 e. The standard InChI is InChI=1S/C13H17FO2/c1-16-13-7-6-9(14)8-11(13)10-4-2-3-5-12(10)15/h6-8,10,12,15H,2-5H2,1H3. The maximum absolute atomic E-state index is 13.2. The van der Waals surface area contributed by atoms with Crippen LogP contribution in [0, 0.1) is 5.82 Å². The Balaban J connectivity index is 2.33. The Hall–Kier alpha value is -1.09. The summed E-state index contributed by atoms with van der Waals surface area (Å²) in [6.07, 6.45) is 3.46. The van der Waals surface area contributed by atoms with E-state index >= 15 is 0 Å². The highest BCUT2D eigenvalue weighted by molar-refractivity contribution is 5.37.